The second-order valence-corrected chi connectivity index (χ2v) is 6.08. The SMILES string of the molecule is CCOP1(=O)CCCc2ccccc21. The quantitative estimate of drug-likeness (QED) is 0.701. The standard InChI is InChI=1S/C11H15O2P/c1-2-13-14(12)9-5-7-10-6-3-4-8-11(10)14/h3-4,6,8H,2,5,7,9H2,1H3. The van der Waals surface area contributed by atoms with Crippen molar-refractivity contribution in [2.24, 2.45) is 0 Å². The van der Waals surface area contributed by atoms with Crippen molar-refractivity contribution in [3.05, 3.63) is 29.8 Å². The summed E-state index contributed by atoms with van der Waals surface area (Å²) in [7, 11) is -2.50. The molecular formula is C11H15O2P. The van der Waals surface area contributed by atoms with Gasteiger partial charge in [0.2, 0.25) is 7.37 Å². The van der Waals surface area contributed by atoms with Crippen molar-refractivity contribution in [1.29, 1.82) is 0 Å². The molecule has 1 aliphatic rings. The molecule has 3 heteroatoms. The minimum Gasteiger partial charge on any atom is -0.326 e. The van der Waals surface area contributed by atoms with Crippen molar-refractivity contribution >= 4 is 12.7 Å². The topological polar surface area (TPSA) is 26.3 Å². The second kappa shape index (κ2) is 3.88. The molecule has 1 aromatic rings. The van der Waals surface area contributed by atoms with Gasteiger partial charge in [-0.25, -0.2) is 0 Å². The third-order valence-corrected chi connectivity index (χ3v) is 5.35. The van der Waals surface area contributed by atoms with Crippen molar-refractivity contribution in [1.82, 2.24) is 0 Å². The average Bonchev–Trinajstić information content (AvgIpc) is 2.19. The maximum absolute atomic E-state index is 12.4. The van der Waals surface area contributed by atoms with Gasteiger partial charge in [0.25, 0.3) is 0 Å². The summed E-state index contributed by atoms with van der Waals surface area (Å²) < 4.78 is 17.9. The van der Waals surface area contributed by atoms with Crippen LogP contribution in [0.2, 0.25) is 0 Å². The molecule has 1 atom stereocenters. The fourth-order valence-electron chi connectivity index (χ4n) is 2.00. The Balaban J connectivity index is 2.44. The molecule has 0 spiro atoms. The number of hydrogen-bond acceptors (Lipinski definition) is 2. The van der Waals surface area contributed by atoms with Crippen LogP contribution in [0.3, 0.4) is 0 Å². The van der Waals surface area contributed by atoms with E-state index >= 15 is 0 Å². The fourth-order valence-corrected chi connectivity index (χ4v) is 4.43. The van der Waals surface area contributed by atoms with Crippen LogP contribution in [0.15, 0.2) is 24.3 Å². The average molecular weight is 210 g/mol. The molecule has 0 radical (unpaired) electrons. The first kappa shape index (κ1) is 9.95. The Bertz CT molecular complexity index is 373. The summed E-state index contributed by atoms with van der Waals surface area (Å²) in [5.41, 5.74) is 1.20. The molecule has 2 rings (SSSR count). The summed E-state index contributed by atoms with van der Waals surface area (Å²) in [4.78, 5) is 0. The van der Waals surface area contributed by atoms with Gasteiger partial charge < -0.3 is 4.52 Å². The van der Waals surface area contributed by atoms with Gasteiger partial charge in [-0.3, -0.25) is 4.57 Å². The number of hydrogen-bond donors (Lipinski definition) is 0. The van der Waals surface area contributed by atoms with Crippen LogP contribution in [0.5, 0.6) is 0 Å². The maximum Gasteiger partial charge on any atom is 0.232 e. The smallest absolute Gasteiger partial charge is 0.232 e. The molecule has 0 N–H and O–H groups in total. The van der Waals surface area contributed by atoms with E-state index in [0.717, 1.165) is 18.1 Å². The van der Waals surface area contributed by atoms with Crippen LogP contribution in [0.4, 0.5) is 0 Å². The van der Waals surface area contributed by atoms with Crippen LogP contribution in [0.25, 0.3) is 0 Å². The van der Waals surface area contributed by atoms with E-state index in [-0.39, 0.29) is 0 Å². The Hall–Kier alpha value is -0.590. The van der Waals surface area contributed by atoms with Gasteiger partial charge in [-0.2, -0.15) is 0 Å². The van der Waals surface area contributed by atoms with E-state index in [4.69, 9.17) is 4.52 Å². The predicted octanol–water partition coefficient (Wildman–Crippen LogP) is 2.57. The normalized spacial score (nSPS) is 25.8. The van der Waals surface area contributed by atoms with E-state index in [1.165, 1.54) is 5.56 Å². The Labute approximate surface area is 84.7 Å². The van der Waals surface area contributed by atoms with Crippen LogP contribution in [-0.2, 0) is 15.5 Å². The molecule has 14 heavy (non-hydrogen) atoms. The van der Waals surface area contributed by atoms with E-state index in [9.17, 15) is 4.57 Å². The Morgan fingerprint density at radius 3 is 3.00 bits per heavy atom. The summed E-state index contributed by atoms with van der Waals surface area (Å²) in [5.74, 6) is 0. The lowest BCUT2D eigenvalue weighted by Crippen LogP contribution is -2.20. The molecule has 0 bridgehead atoms. The summed E-state index contributed by atoms with van der Waals surface area (Å²) in [6.07, 6.45) is 2.72. The highest BCUT2D eigenvalue weighted by Crippen LogP contribution is 2.49. The fraction of sp³-hybridized carbons (Fsp3) is 0.455. The van der Waals surface area contributed by atoms with Gasteiger partial charge in [-0.15, -0.1) is 0 Å². The molecular weight excluding hydrogens is 195 g/mol. The van der Waals surface area contributed by atoms with Gasteiger partial charge >= 0.3 is 0 Å². The molecule has 0 aromatic heterocycles. The monoisotopic (exact) mass is 210 g/mol. The molecule has 0 saturated carbocycles. The molecule has 2 nitrogen and oxygen atoms in total. The van der Waals surface area contributed by atoms with Crippen LogP contribution >= 0.6 is 7.37 Å². The highest BCUT2D eigenvalue weighted by atomic mass is 31.2. The van der Waals surface area contributed by atoms with Crippen molar-refractivity contribution in [3.8, 4) is 0 Å². The van der Waals surface area contributed by atoms with Crippen molar-refractivity contribution in [2.75, 3.05) is 12.8 Å². The summed E-state index contributed by atoms with van der Waals surface area (Å²) in [6, 6.07) is 7.95. The van der Waals surface area contributed by atoms with E-state index < -0.39 is 7.37 Å². The van der Waals surface area contributed by atoms with Gasteiger partial charge in [0.15, 0.2) is 0 Å². The van der Waals surface area contributed by atoms with Crippen LogP contribution in [0, 0.1) is 0 Å². The first-order chi connectivity index (χ1) is 6.76. The number of aryl methyl sites for hydroxylation is 1. The number of benzene rings is 1. The maximum atomic E-state index is 12.4. The molecule has 1 unspecified atom stereocenters. The lowest BCUT2D eigenvalue weighted by molar-refractivity contribution is 0.338. The summed E-state index contributed by atoms with van der Waals surface area (Å²) in [5, 5.41) is 0.952. The summed E-state index contributed by atoms with van der Waals surface area (Å²) in [6.45, 7) is 2.43. The van der Waals surface area contributed by atoms with E-state index in [1.807, 2.05) is 25.1 Å². The Morgan fingerprint density at radius 1 is 1.43 bits per heavy atom. The molecule has 1 heterocycles. The lowest BCUT2D eigenvalue weighted by Gasteiger charge is -2.25. The third-order valence-electron chi connectivity index (χ3n) is 2.59. The van der Waals surface area contributed by atoms with Crippen molar-refractivity contribution < 1.29 is 9.09 Å². The van der Waals surface area contributed by atoms with E-state index in [0.29, 0.717) is 12.8 Å². The van der Waals surface area contributed by atoms with Gasteiger partial charge in [0, 0.05) is 11.5 Å². The van der Waals surface area contributed by atoms with Crippen molar-refractivity contribution in [3.63, 3.8) is 0 Å². The zero-order valence-corrected chi connectivity index (χ0v) is 9.30. The predicted molar refractivity (Wildman–Crippen MR) is 58.5 cm³/mol. The highest BCUT2D eigenvalue weighted by Gasteiger charge is 2.30. The molecule has 0 saturated heterocycles. The van der Waals surface area contributed by atoms with Gasteiger partial charge in [0.05, 0.1) is 6.61 Å². The van der Waals surface area contributed by atoms with E-state index in [2.05, 4.69) is 6.07 Å². The first-order valence-corrected chi connectivity index (χ1v) is 6.89. The zero-order chi connectivity index (χ0) is 10.0. The number of fused-ring (bicyclic) bond motifs is 1. The highest BCUT2D eigenvalue weighted by molar-refractivity contribution is 7.67. The Kier molecular flexibility index (Phi) is 2.76. The lowest BCUT2D eigenvalue weighted by atomic mass is 10.1. The molecule has 0 fully saturated rings. The van der Waals surface area contributed by atoms with Crippen LogP contribution < -0.4 is 5.30 Å². The van der Waals surface area contributed by atoms with Crippen LogP contribution in [0.1, 0.15) is 18.9 Å². The summed E-state index contributed by atoms with van der Waals surface area (Å²) >= 11 is 0. The molecule has 1 aliphatic heterocycles. The third kappa shape index (κ3) is 1.65. The molecule has 1 aromatic carbocycles. The molecule has 0 amide bonds. The largest absolute Gasteiger partial charge is 0.326 e. The number of rotatable bonds is 2. The Morgan fingerprint density at radius 2 is 2.21 bits per heavy atom. The molecule has 0 aliphatic carbocycles. The van der Waals surface area contributed by atoms with Gasteiger partial charge in [0.1, 0.15) is 0 Å². The molecule has 76 valence electrons. The van der Waals surface area contributed by atoms with Gasteiger partial charge in [-0.1, -0.05) is 18.2 Å². The minimum atomic E-state index is -2.50. The van der Waals surface area contributed by atoms with Crippen molar-refractivity contribution in [2.45, 2.75) is 19.8 Å². The van der Waals surface area contributed by atoms with E-state index in [1.54, 1.807) is 0 Å². The minimum absolute atomic E-state index is 0.533. The van der Waals surface area contributed by atoms with Gasteiger partial charge in [-0.05, 0) is 31.4 Å². The zero-order valence-electron chi connectivity index (χ0n) is 8.40. The van der Waals surface area contributed by atoms with Crippen LogP contribution in [-0.4, -0.2) is 12.8 Å². The second-order valence-electron chi connectivity index (χ2n) is 3.55. The first-order valence-electron chi connectivity index (χ1n) is 5.08.